The molecule has 0 fully saturated rings. The Balaban J connectivity index is 3.39. The van der Waals surface area contributed by atoms with Gasteiger partial charge in [0.2, 0.25) is 11.6 Å². The molecule has 0 unspecified atom stereocenters. The summed E-state index contributed by atoms with van der Waals surface area (Å²) < 4.78 is 1.70. The van der Waals surface area contributed by atoms with Crippen LogP contribution in [0.3, 0.4) is 0 Å². The second kappa shape index (κ2) is 3.06. The second-order valence-corrected chi connectivity index (χ2v) is 3.12. The molecule has 0 bridgehead atoms. The Morgan fingerprint density at radius 2 is 1.92 bits per heavy atom. The molecule has 0 aromatic carbocycles. The Morgan fingerprint density at radius 3 is 2.42 bits per heavy atom. The van der Waals surface area contributed by atoms with E-state index in [9.17, 15) is 0 Å². The summed E-state index contributed by atoms with van der Waals surface area (Å²) in [6, 6.07) is 0. The van der Waals surface area contributed by atoms with Crippen molar-refractivity contribution in [3.05, 3.63) is 0 Å². The maximum absolute atomic E-state index is 5.66. The highest BCUT2D eigenvalue weighted by atomic mass is 32.2. The summed E-state index contributed by atoms with van der Waals surface area (Å²) in [5.74, 6) is 0.738. The van der Waals surface area contributed by atoms with Crippen LogP contribution in [0.15, 0.2) is 5.16 Å². The number of anilines is 3. The smallest absolute Gasteiger partial charge is 0.300 e. The summed E-state index contributed by atoms with van der Waals surface area (Å²) in [7, 11) is 1.80. The van der Waals surface area contributed by atoms with Gasteiger partial charge < -0.3 is 17.2 Å². The van der Waals surface area contributed by atoms with Gasteiger partial charge >= 0.3 is 5.16 Å². The van der Waals surface area contributed by atoms with Crippen molar-refractivity contribution in [2.24, 2.45) is 7.05 Å². The molecular weight excluding hydrogens is 174 g/mol. The number of thioether (sulfide) groups is 1. The van der Waals surface area contributed by atoms with Crippen LogP contribution in [0.25, 0.3) is 0 Å². The van der Waals surface area contributed by atoms with E-state index in [0.29, 0.717) is 11.5 Å². The molecule has 0 atom stereocenters. The first kappa shape index (κ1) is 8.92. The van der Waals surface area contributed by atoms with E-state index in [4.69, 9.17) is 17.2 Å². The van der Waals surface area contributed by atoms with Crippen LogP contribution in [0.4, 0.5) is 17.3 Å². The van der Waals surface area contributed by atoms with Crippen molar-refractivity contribution in [2.45, 2.75) is 5.16 Å². The van der Waals surface area contributed by atoms with Crippen LogP contribution in [0.2, 0.25) is 0 Å². The molecule has 0 spiro atoms. The summed E-state index contributed by atoms with van der Waals surface area (Å²) in [5, 5.41) is 0.749. The molecule has 66 valence electrons. The molecule has 6 N–H and O–H groups in total. The molecular formula is C6H12N5S+. The fraction of sp³-hybridized carbons (Fsp3) is 0.333. The summed E-state index contributed by atoms with van der Waals surface area (Å²) >= 11 is 1.47. The first-order chi connectivity index (χ1) is 5.57. The maximum Gasteiger partial charge on any atom is 0.300 e. The van der Waals surface area contributed by atoms with E-state index in [2.05, 4.69) is 4.98 Å². The lowest BCUT2D eigenvalue weighted by atomic mass is 10.4. The van der Waals surface area contributed by atoms with Crippen molar-refractivity contribution in [3.8, 4) is 0 Å². The zero-order chi connectivity index (χ0) is 9.30. The molecule has 0 radical (unpaired) electrons. The van der Waals surface area contributed by atoms with Crippen molar-refractivity contribution in [1.82, 2.24) is 4.98 Å². The Morgan fingerprint density at radius 1 is 1.33 bits per heavy atom. The fourth-order valence-electron chi connectivity index (χ4n) is 0.836. The number of rotatable bonds is 1. The third kappa shape index (κ3) is 1.25. The molecule has 0 amide bonds. The van der Waals surface area contributed by atoms with Gasteiger partial charge in [0.15, 0.2) is 5.69 Å². The SMILES string of the molecule is CSc1nc(N)c(N)c(N)[n+]1C. The number of hydrogen-bond donors (Lipinski definition) is 3. The Hall–Kier alpha value is -1.17. The first-order valence-electron chi connectivity index (χ1n) is 3.32. The van der Waals surface area contributed by atoms with Crippen LogP contribution in [0, 0.1) is 0 Å². The van der Waals surface area contributed by atoms with Gasteiger partial charge in [0.1, 0.15) is 0 Å². The quantitative estimate of drug-likeness (QED) is 0.308. The summed E-state index contributed by atoms with van der Waals surface area (Å²) in [6.07, 6.45) is 1.90. The van der Waals surface area contributed by atoms with E-state index in [1.165, 1.54) is 11.8 Å². The monoisotopic (exact) mass is 186 g/mol. The van der Waals surface area contributed by atoms with Crippen molar-refractivity contribution in [3.63, 3.8) is 0 Å². The molecule has 1 aromatic rings. The van der Waals surface area contributed by atoms with Gasteiger partial charge in [-0.05, 0) is 6.26 Å². The van der Waals surface area contributed by atoms with Crippen molar-refractivity contribution in [1.29, 1.82) is 0 Å². The average Bonchev–Trinajstić information content (AvgIpc) is 2.08. The van der Waals surface area contributed by atoms with E-state index in [-0.39, 0.29) is 5.82 Å². The standard InChI is InChI=1S/C6H11N5S/c1-11-5(9)3(7)4(8)10-6(11)12-2/h7H2,1-2H3,(H3,8,9)/p+1. The minimum atomic E-state index is 0.287. The van der Waals surface area contributed by atoms with E-state index in [1.54, 1.807) is 11.6 Å². The molecule has 6 heteroatoms. The van der Waals surface area contributed by atoms with Gasteiger partial charge in [0.25, 0.3) is 0 Å². The van der Waals surface area contributed by atoms with Crippen molar-refractivity contribution >= 4 is 29.1 Å². The normalized spacial score (nSPS) is 10.2. The Labute approximate surface area is 75.0 Å². The zero-order valence-corrected chi connectivity index (χ0v) is 7.85. The molecule has 0 aliphatic rings. The lowest BCUT2D eigenvalue weighted by molar-refractivity contribution is -0.698. The number of nitrogens with zero attached hydrogens (tertiary/aromatic N) is 2. The molecule has 1 rings (SSSR count). The van der Waals surface area contributed by atoms with Crippen LogP contribution < -0.4 is 21.8 Å². The van der Waals surface area contributed by atoms with Gasteiger partial charge in [-0.1, -0.05) is 16.7 Å². The zero-order valence-electron chi connectivity index (χ0n) is 7.03. The molecule has 0 saturated heterocycles. The predicted molar refractivity (Wildman–Crippen MR) is 50.4 cm³/mol. The lowest BCUT2D eigenvalue weighted by Gasteiger charge is -2.04. The van der Waals surface area contributed by atoms with E-state index < -0.39 is 0 Å². The van der Waals surface area contributed by atoms with Crippen LogP contribution in [0.1, 0.15) is 0 Å². The topological polar surface area (TPSA) is 94.8 Å². The Bertz CT molecular complexity index is 311. The second-order valence-electron chi connectivity index (χ2n) is 2.34. The third-order valence-electron chi connectivity index (χ3n) is 1.60. The van der Waals surface area contributed by atoms with Crippen molar-refractivity contribution < 1.29 is 4.57 Å². The van der Waals surface area contributed by atoms with Crippen LogP contribution in [-0.4, -0.2) is 11.2 Å². The molecule has 12 heavy (non-hydrogen) atoms. The molecule has 1 aromatic heterocycles. The van der Waals surface area contributed by atoms with Gasteiger partial charge in [-0.2, -0.15) is 0 Å². The highest BCUT2D eigenvalue weighted by Crippen LogP contribution is 2.19. The Kier molecular flexibility index (Phi) is 2.27. The third-order valence-corrected chi connectivity index (χ3v) is 2.33. The van der Waals surface area contributed by atoms with Gasteiger partial charge in [0, 0.05) is 0 Å². The minimum absolute atomic E-state index is 0.287. The average molecular weight is 186 g/mol. The van der Waals surface area contributed by atoms with Crippen molar-refractivity contribution in [2.75, 3.05) is 23.5 Å². The van der Waals surface area contributed by atoms with Crippen LogP contribution in [0.5, 0.6) is 0 Å². The van der Waals surface area contributed by atoms with Gasteiger partial charge in [-0.15, -0.1) is 0 Å². The summed E-state index contributed by atoms with van der Waals surface area (Å²) in [4.78, 5) is 4.05. The van der Waals surface area contributed by atoms with E-state index in [1.807, 2.05) is 6.26 Å². The molecule has 5 nitrogen and oxygen atoms in total. The minimum Gasteiger partial charge on any atom is -0.389 e. The fourth-order valence-corrected chi connectivity index (χ4v) is 1.40. The highest BCUT2D eigenvalue weighted by molar-refractivity contribution is 7.98. The molecule has 0 saturated carbocycles. The number of nitrogen functional groups attached to an aromatic ring is 3. The predicted octanol–water partition coefficient (Wildman–Crippen LogP) is -0.625. The van der Waals surface area contributed by atoms with Gasteiger partial charge in [-0.3, -0.25) is 0 Å². The van der Waals surface area contributed by atoms with Gasteiger partial charge in [-0.25, -0.2) is 4.57 Å². The summed E-state index contributed by atoms with van der Waals surface area (Å²) in [6.45, 7) is 0. The maximum atomic E-state index is 5.66. The van der Waals surface area contributed by atoms with E-state index in [0.717, 1.165) is 5.16 Å². The molecule has 1 heterocycles. The van der Waals surface area contributed by atoms with Gasteiger partial charge in [0.05, 0.1) is 7.05 Å². The van der Waals surface area contributed by atoms with Crippen LogP contribution >= 0.6 is 11.8 Å². The first-order valence-corrected chi connectivity index (χ1v) is 4.54. The highest BCUT2D eigenvalue weighted by Gasteiger charge is 2.16. The molecule has 0 aliphatic carbocycles. The number of hydrogen-bond acceptors (Lipinski definition) is 5. The number of nitrogens with two attached hydrogens (primary N) is 3. The summed E-state index contributed by atoms with van der Waals surface area (Å²) in [5.41, 5.74) is 17.1. The lowest BCUT2D eigenvalue weighted by Crippen LogP contribution is -2.37. The number of aromatic nitrogens is 2. The molecule has 0 aliphatic heterocycles. The largest absolute Gasteiger partial charge is 0.389 e. The van der Waals surface area contributed by atoms with E-state index >= 15 is 0 Å². The van der Waals surface area contributed by atoms with Crippen LogP contribution in [-0.2, 0) is 7.05 Å².